The van der Waals surface area contributed by atoms with Gasteiger partial charge in [0.05, 0.1) is 6.54 Å². The molecule has 6 nitrogen and oxygen atoms in total. The predicted octanol–water partition coefficient (Wildman–Crippen LogP) is -0.406. The molecule has 0 aliphatic carbocycles. The number of nitrogens with two attached hydrogens (primary N) is 1. The quantitative estimate of drug-likeness (QED) is 0.769. The van der Waals surface area contributed by atoms with Crippen LogP contribution in [0.2, 0.25) is 0 Å². The number of carbonyl (C=O) groups excluding carboxylic acids is 2. The molecule has 0 bridgehead atoms. The number of carbonyl (C=O) groups is 2. The molecule has 21 heavy (non-hydrogen) atoms. The lowest BCUT2D eigenvalue weighted by Crippen LogP contribution is -2.53. The molecule has 120 valence electrons. The SMILES string of the molecule is CC(=O)N1CCN(C(=O)CN2CCC(C)C(CN)C2)CC1. The smallest absolute Gasteiger partial charge is 0.236 e. The van der Waals surface area contributed by atoms with E-state index >= 15 is 0 Å². The number of piperidine rings is 1. The van der Waals surface area contributed by atoms with E-state index in [-0.39, 0.29) is 11.8 Å². The van der Waals surface area contributed by atoms with Crippen LogP contribution in [0.1, 0.15) is 20.3 Å². The highest BCUT2D eigenvalue weighted by Crippen LogP contribution is 2.22. The van der Waals surface area contributed by atoms with Gasteiger partial charge >= 0.3 is 0 Å². The van der Waals surface area contributed by atoms with Gasteiger partial charge in [0.15, 0.2) is 0 Å². The lowest BCUT2D eigenvalue weighted by Gasteiger charge is -2.38. The second-order valence-corrected chi connectivity index (χ2v) is 6.38. The molecular formula is C15H28N4O2. The standard InChI is InChI=1S/C15H28N4O2/c1-12-3-4-17(10-14(12)9-16)11-15(21)19-7-5-18(6-8-19)13(2)20/h12,14H,3-11,16H2,1-2H3. The number of likely N-dealkylation sites (tertiary alicyclic amines) is 1. The summed E-state index contributed by atoms with van der Waals surface area (Å²) in [5.74, 6) is 1.43. The monoisotopic (exact) mass is 296 g/mol. The average Bonchev–Trinajstić information content (AvgIpc) is 2.49. The van der Waals surface area contributed by atoms with Gasteiger partial charge in [-0.2, -0.15) is 0 Å². The molecule has 0 saturated carbocycles. The summed E-state index contributed by atoms with van der Waals surface area (Å²) < 4.78 is 0. The van der Waals surface area contributed by atoms with Gasteiger partial charge in [-0.15, -0.1) is 0 Å². The minimum Gasteiger partial charge on any atom is -0.339 e. The highest BCUT2D eigenvalue weighted by Gasteiger charge is 2.28. The van der Waals surface area contributed by atoms with Crippen molar-refractivity contribution in [1.82, 2.24) is 14.7 Å². The fraction of sp³-hybridized carbons (Fsp3) is 0.867. The van der Waals surface area contributed by atoms with Crippen LogP contribution in [-0.2, 0) is 9.59 Å². The minimum absolute atomic E-state index is 0.0953. The van der Waals surface area contributed by atoms with Crippen molar-refractivity contribution in [2.24, 2.45) is 17.6 Å². The molecule has 0 spiro atoms. The maximum absolute atomic E-state index is 12.4. The van der Waals surface area contributed by atoms with Crippen LogP contribution in [0.25, 0.3) is 0 Å². The fourth-order valence-corrected chi connectivity index (χ4v) is 3.24. The van der Waals surface area contributed by atoms with E-state index in [0.29, 0.717) is 51.1 Å². The first-order valence-electron chi connectivity index (χ1n) is 7.97. The maximum atomic E-state index is 12.4. The Morgan fingerprint density at radius 1 is 1.10 bits per heavy atom. The van der Waals surface area contributed by atoms with Crippen molar-refractivity contribution in [3.05, 3.63) is 0 Å². The molecule has 2 atom stereocenters. The van der Waals surface area contributed by atoms with Gasteiger partial charge in [0.25, 0.3) is 0 Å². The first-order valence-corrected chi connectivity index (χ1v) is 7.97. The highest BCUT2D eigenvalue weighted by molar-refractivity contribution is 5.79. The third-order valence-electron chi connectivity index (χ3n) is 4.94. The average molecular weight is 296 g/mol. The van der Waals surface area contributed by atoms with E-state index in [0.717, 1.165) is 19.5 Å². The molecule has 2 amide bonds. The van der Waals surface area contributed by atoms with E-state index in [9.17, 15) is 9.59 Å². The topological polar surface area (TPSA) is 69.9 Å². The first kappa shape index (κ1) is 16.2. The van der Waals surface area contributed by atoms with Crippen molar-refractivity contribution in [3.63, 3.8) is 0 Å². The molecule has 2 rings (SSSR count). The van der Waals surface area contributed by atoms with Crippen LogP contribution < -0.4 is 5.73 Å². The summed E-state index contributed by atoms with van der Waals surface area (Å²) in [6.07, 6.45) is 1.12. The Morgan fingerprint density at radius 2 is 1.71 bits per heavy atom. The van der Waals surface area contributed by atoms with Crippen molar-refractivity contribution < 1.29 is 9.59 Å². The third-order valence-corrected chi connectivity index (χ3v) is 4.94. The molecule has 0 aromatic rings. The number of hydrogen-bond donors (Lipinski definition) is 1. The van der Waals surface area contributed by atoms with Gasteiger partial charge in [-0.3, -0.25) is 14.5 Å². The Hall–Kier alpha value is -1.14. The zero-order valence-electron chi connectivity index (χ0n) is 13.3. The second-order valence-electron chi connectivity index (χ2n) is 6.38. The van der Waals surface area contributed by atoms with Crippen molar-refractivity contribution in [2.45, 2.75) is 20.3 Å². The van der Waals surface area contributed by atoms with Crippen LogP contribution >= 0.6 is 0 Å². The molecule has 2 fully saturated rings. The maximum Gasteiger partial charge on any atom is 0.236 e. The van der Waals surface area contributed by atoms with E-state index in [1.165, 1.54) is 0 Å². The normalized spacial score (nSPS) is 27.8. The van der Waals surface area contributed by atoms with Crippen LogP contribution in [-0.4, -0.2) is 78.9 Å². The van der Waals surface area contributed by atoms with Crippen LogP contribution in [0.3, 0.4) is 0 Å². The Labute approximate surface area is 127 Å². The summed E-state index contributed by atoms with van der Waals surface area (Å²) >= 11 is 0. The summed E-state index contributed by atoms with van der Waals surface area (Å²) in [6, 6.07) is 0. The van der Waals surface area contributed by atoms with Crippen molar-refractivity contribution in [2.75, 3.05) is 52.4 Å². The van der Waals surface area contributed by atoms with Gasteiger partial charge < -0.3 is 15.5 Å². The predicted molar refractivity (Wildman–Crippen MR) is 81.6 cm³/mol. The van der Waals surface area contributed by atoms with Gasteiger partial charge in [-0.1, -0.05) is 6.92 Å². The van der Waals surface area contributed by atoms with Gasteiger partial charge in [0.1, 0.15) is 0 Å². The summed E-state index contributed by atoms with van der Waals surface area (Å²) in [4.78, 5) is 29.6. The molecule has 2 aliphatic rings. The van der Waals surface area contributed by atoms with Gasteiger partial charge in [-0.25, -0.2) is 0 Å². The lowest BCUT2D eigenvalue weighted by molar-refractivity contribution is -0.139. The molecule has 2 saturated heterocycles. The molecule has 0 aromatic carbocycles. The fourth-order valence-electron chi connectivity index (χ4n) is 3.24. The molecule has 2 N–H and O–H groups in total. The van der Waals surface area contributed by atoms with Gasteiger partial charge in [0.2, 0.25) is 11.8 Å². The van der Waals surface area contributed by atoms with Gasteiger partial charge in [-0.05, 0) is 31.3 Å². The summed E-state index contributed by atoms with van der Waals surface area (Å²) in [6.45, 7) is 9.55. The zero-order valence-corrected chi connectivity index (χ0v) is 13.3. The van der Waals surface area contributed by atoms with E-state index in [2.05, 4.69) is 11.8 Å². The second kappa shape index (κ2) is 7.22. The Bertz CT molecular complexity index is 380. The number of rotatable bonds is 3. The summed E-state index contributed by atoms with van der Waals surface area (Å²) in [5.41, 5.74) is 5.81. The third kappa shape index (κ3) is 4.17. The lowest BCUT2D eigenvalue weighted by atomic mass is 9.87. The molecule has 0 radical (unpaired) electrons. The molecule has 2 aliphatic heterocycles. The largest absolute Gasteiger partial charge is 0.339 e. The Kier molecular flexibility index (Phi) is 5.58. The Balaban J connectivity index is 1.78. The van der Waals surface area contributed by atoms with E-state index in [1.807, 2.05) is 4.90 Å². The van der Waals surface area contributed by atoms with Crippen LogP contribution in [0.15, 0.2) is 0 Å². The molecule has 0 aromatic heterocycles. The van der Waals surface area contributed by atoms with Crippen LogP contribution in [0.4, 0.5) is 0 Å². The molecule has 6 heteroatoms. The Morgan fingerprint density at radius 3 is 2.29 bits per heavy atom. The molecule has 2 heterocycles. The van der Waals surface area contributed by atoms with Crippen LogP contribution in [0, 0.1) is 11.8 Å². The van der Waals surface area contributed by atoms with E-state index < -0.39 is 0 Å². The first-order chi connectivity index (χ1) is 10.0. The van der Waals surface area contributed by atoms with Gasteiger partial charge in [0, 0.05) is 39.6 Å². The molecular weight excluding hydrogens is 268 g/mol. The number of nitrogens with zero attached hydrogens (tertiary/aromatic N) is 3. The highest BCUT2D eigenvalue weighted by atomic mass is 16.2. The number of amides is 2. The van der Waals surface area contributed by atoms with Crippen molar-refractivity contribution in [1.29, 1.82) is 0 Å². The van der Waals surface area contributed by atoms with Crippen LogP contribution in [0.5, 0.6) is 0 Å². The van der Waals surface area contributed by atoms with E-state index in [4.69, 9.17) is 5.73 Å². The number of piperazine rings is 1. The minimum atomic E-state index is 0.0953. The zero-order chi connectivity index (χ0) is 15.4. The van der Waals surface area contributed by atoms with E-state index in [1.54, 1.807) is 11.8 Å². The van der Waals surface area contributed by atoms with Crippen molar-refractivity contribution in [3.8, 4) is 0 Å². The van der Waals surface area contributed by atoms with Crippen molar-refractivity contribution >= 4 is 11.8 Å². The number of hydrogen-bond acceptors (Lipinski definition) is 4. The summed E-state index contributed by atoms with van der Waals surface area (Å²) in [7, 11) is 0. The summed E-state index contributed by atoms with van der Waals surface area (Å²) in [5, 5.41) is 0. The molecule has 2 unspecified atom stereocenters.